The molecule has 3 aromatic carbocycles. The van der Waals surface area contributed by atoms with Gasteiger partial charge in [-0.1, -0.05) is 72.8 Å². The molecule has 0 atom stereocenters. The van der Waals surface area contributed by atoms with Gasteiger partial charge in [0.05, 0.1) is 12.2 Å². The fourth-order valence-electron chi connectivity index (χ4n) is 2.63. The number of carbonyl (C=O) groups is 1. The summed E-state index contributed by atoms with van der Waals surface area (Å²) in [4.78, 5) is 12.5. The van der Waals surface area contributed by atoms with Crippen molar-refractivity contribution in [2.75, 3.05) is 6.61 Å². The number of hydrogen-bond donors (Lipinski definition) is 0. The highest BCUT2D eigenvalue weighted by Crippen LogP contribution is 2.27. The van der Waals surface area contributed by atoms with E-state index in [-0.39, 0.29) is 5.97 Å². The number of esters is 1. The van der Waals surface area contributed by atoms with Crippen molar-refractivity contribution in [2.45, 2.75) is 6.92 Å². The van der Waals surface area contributed by atoms with Crippen LogP contribution in [0.25, 0.3) is 22.4 Å². The van der Waals surface area contributed by atoms with Crippen LogP contribution in [-0.4, -0.2) is 12.6 Å². The Balaban J connectivity index is 2.18. The summed E-state index contributed by atoms with van der Waals surface area (Å²) >= 11 is 0. The van der Waals surface area contributed by atoms with Crippen molar-refractivity contribution in [2.24, 2.45) is 0 Å². The zero-order chi connectivity index (χ0) is 16.1. The Morgan fingerprint density at radius 2 is 1.61 bits per heavy atom. The zero-order valence-corrected chi connectivity index (χ0v) is 13.0. The molecule has 3 rings (SSSR count). The number of fused-ring (bicyclic) bond motifs is 1. The second-order valence-electron chi connectivity index (χ2n) is 5.22. The van der Waals surface area contributed by atoms with Crippen molar-refractivity contribution in [3.8, 4) is 0 Å². The van der Waals surface area contributed by atoms with E-state index in [1.165, 1.54) is 0 Å². The van der Waals surface area contributed by atoms with Crippen LogP contribution in [0.1, 0.15) is 18.1 Å². The molecular weight excluding hydrogens is 284 g/mol. The van der Waals surface area contributed by atoms with Crippen LogP contribution in [0.15, 0.2) is 72.8 Å². The average molecular weight is 302 g/mol. The smallest absolute Gasteiger partial charge is 0.338 e. The van der Waals surface area contributed by atoms with E-state index in [4.69, 9.17) is 4.74 Å². The predicted molar refractivity (Wildman–Crippen MR) is 94.9 cm³/mol. The number of benzene rings is 3. The second kappa shape index (κ2) is 6.93. The Bertz CT molecular complexity index is 843. The lowest BCUT2D eigenvalue weighted by molar-refractivity contribution is -0.136. The Morgan fingerprint density at radius 3 is 2.39 bits per heavy atom. The first-order valence-electron chi connectivity index (χ1n) is 7.71. The van der Waals surface area contributed by atoms with Crippen molar-refractivity contribution in [1.82, 2.24) is 0 Å². The summed E-state index contributed by atoms with van der Waals surface area (Å²) in [7, 11) is 0. The van der Waals surface area contributed by atoms with Crippen LogP contribution in [0.2, 0.25) is 0 Å². The quantitative estimate of drug-likeness (QED) is 0.387. The summed E-state index contributed by atoms with van der Waals surface area (Å²) < 4.78 is 5.27. The van der Waals surface area contributed by atoms with E-state index in [1.807, 2.05) is 85.8 Å². The van der Waals surface area contributed by atoms with Crippen LogP contribution in [0.4, 0.5) is 0 Å². The molecule has 0 heterocycles. The zero-order valence-electron chi connectivity index (χ0n) is 13.0. The van der Waals surface area contributed by atoms with Gasteiger partial charge in [0.25, 0.3) is 0 Å². The Labute approximate surface area is 136 Å². The first-order valence-corrected chi connectivity index (χ1v) is 7.71. The van der Waals surface area contributed by atoms with Crippen LogP contribution in [0.5, 0.6) is 0 Å². The molecule has 2 nitrogen and oxygen atoms in total. The van der Waals surface area contributed by atoms with E-state index in [0.29, 0.717) is 12.2 Å². The summed E-state index contributed by atoms with van der Waals surface area (Å²) in [6.45, 7) is 2.18. The van der Waals surface area contributed by atoms with Crippen LogP contribution in [0, 0.1) is 0 Å². The van der Waals surface area contributed by atoms with Gasteiger partial charge >= 0.3 is 5.97 Å². The molecular formula is C21H18O2. The molecule has 0 spiro atoms. The predicted octanol–water partition coefficient (Wildman–Crippen LogP) is 4.94. The SMILES string of the molecule is CCOC(=O)C(=Cc1ccccc1)c1cccc2ccccc12. The van der Waals surface area contributed by atoms with Crippen molar-refractivity contribution < 1.29 is 9.53 Å². The summed E-state index contributed by atoms with van der Waals surface area (Å²) in [6.07, 6.45) is 1.89. The number of carbonyl (C=O) groups excluding carboxylic acids is 1. The van der Waals surface area contributed by atoms with E-state index >= 15 is 0 Å². The van der Waals surface area contributed by atoms with E-state index in [1.54, 1.807) is 0 Å². The molecule has 0 aromatic heterocycles. The van der Waals surface area contributed by atoms with Crippen molar-refractivity contribution >= 4 is 28.4 Å². The van der Waals surface area contributed by atoms with Crippen molar-refractivity contribution in [1.29, 1.82) is 0 Å². The molecule has 0 radical (unpaired) electrons. The van der Waals surface area contributed by atoms with Crippen LogP contribution in [-0.2, 0) is 9.53 Å². The maximum Gasteiger partial charge on any atom is 0.338 e. The number of rotatable bonds is 4. The van der Waals surface area contributed by atoms with Gasteiger partial charge in [0.1, 0.15) is 0 Å². The molecule has 0 aliphatic rings. The molecule has 0 aliphatic carbocycles. The molecule has 3 aromatic rings. The highest BCUT2D eigenvalue weighted by Gasteiger charge is 2.15. The minimum Gasteiger partial charge on any atom is -0.462 e. The second-order valence-corrected chi connectivity index (χ2v) is 5.22. The van der Waals surface area contributed by atoms with Gasteiger partial charge in [0.15, 0.2) is 0 Å². The lowest BCUT2D eigenvalue weighted by Crippen LogP contribution is -2.07. The fraction of sp³-hybridized carbons (Fsp3) is 0.0952. The van der Waals surface area contributed by atoms with Crippen molar-refractivity contribution in [3.05, 3.63) is 83.9 Å². The van der Waals surface area contributed by atoms with E-state index in [0.717, 1.165) is 21.9 Å². The summed E-state index contributed by atoms with van der Waals surface area (Å²) in [5.74, 6) is -0.298. The Morgan fingerprint density at radius 1 is 0.913 bits per heavy atom. The average Bonchev–Trinajstić information content (AvgIpc) is 2.60. The van der Waals surface area contributed by atoms with E-state index in [2.05, 4.69) is 0 Å². The lowest BCUT2D eigenvalue weighted by Gasteiger charge is -2.11. The van der Waals surface area contributed by atoms with Crippen LogP contribution in [0.3, 0.4) is 0 Å². The topological polar surface area (TPSA) is 26.3 Å². The molecule has 23 heavy (non-hydrogen) atoms. The largest absolute Gasteiger partial charge is 0.462 e. The van der Waals surface area contributed by atoms with Gasteiger partial charge in [-0.25, -0.2) is 4.79 Å². The molecule has 2 heteroatoms. The molecule has 0 unspecified atom stereocenters. The Hall–Kier alpha value is -2.87. The third-order valence-electron chi connectivity index (χ3n) is 3.69. The number of ether oxygens (including phenoxy) is 1. The van der Waals surface area contributed by atoms with Crippen LogP contribution >= 0.6 is 0 Å². The molecule has 0 aliphatic heterocycles. The maximum absolute atomic E-state index is 12.5. The first-order chi connectivity index (χ1) is 11.3. The lowest BCUT2D eigenvalue weighted by atomic mass is 9.96. The molecule has 0 bridgehead atoms. The summed E-state index contributed by atoms with van der Waals surface area (Å²) in [5, 5.41) is 2.15. The van der Waals surface area contributed by atoms with Gasteiger partial charge in [-0.3, -0.25) is 0 Å². The monoisotopic (exact) mass is 302 g/mol. The van der Waals surface area contributed by atoms with Gasteiger partial charge in [-0.15, -0.1) is 0 Å². The highest BCUT2D eigenvalue weighted by atomic mass is 16.5. The van der Waals surface area contributed by atoms with Gasteiger partial charge in [-0.05, 0) is 34.9 Å². The third-order valence-corrected chi connectivity index (χ3v) is 3.69. The molecule has 0 saturated carbocycles. The molecule has 0 saturated heterocycles. The van der Waals surface area contributed by atoms with Gasteiger partial charge in [-0.2, -0.15) is 0 Å². The summed E-state index contributed by atoms with van der Waals surface area (Å²) in [5.41, 5.74) is 2.45. The fourth-order valence-corrected chi connectivity index (χ4v) is 2.63. The molecule has 114 valence electrons. The standard InChI is InChI=1S/C21H18O2/c1-2-23-21(22)20(15-16-9-4-3-5-10-16)19-14-8-12-17-11-6-7-13-18(17)19/h3-15H,2H2,1H3. The normalized spacial score (nSPS) is 11.4. The Kier molecular flexibility index (Phi) is 4.53. The van der Waals surface area contributed by atoms with Gasteiger partial charge in [0, 0.05) is 0 Å². The minimum atomic E-state index is -0.298. The van der Waals surface area contributed by atoms with E-state index in [9.17, 15) is 4.79 Å². The maximum atomic E-state index is 12.5. The third kappa shape index (κ3) is 3.32. The molecule has 0 N–H and O–H groups in total. The van der Waals surface area contributed by atoms with Gasteiger partial charge in [0.2, 0.25) is 0 Å². The van der Waals surface area contributed by atoms with Crippen LogP contribution < -0.4 is 0 Å². The van der Waals surface area contributed by atoms with Gasteiger partial charge < -0.3 is 4.74 Å². The summed E-state index contributed by atoms with van der Waals surface area (Å²) in [6, 6.07) is 23.9. The molecule has 0 amide bonds. The van der Waals surface area contributed by atoms with E-state index < -0.39 is 0 Å². The minimum absolute atomic E-state index is 0.298. The highest BCUT2D eigenvalue weighted by molar-refractivity contribution is 6.24. The van der Waals surface area contributed by atoms with Crippen molar-refractivity contribution in [3.63, 3.8) is 0 Å². The number of hydrogen-bond acceptors (Lipinski definition) is 2. The first kappa shape index (κ1) is 15.0. The molecule has 0 fully saturated rings.